The highest BCUT2D eigenvalue weighted by Gasteiger charge is 2.34. The second kappa shape index (κ2) is 31.6. The Balaban J connectivity index is 0.924. The molecule has 1 heterocycles. The SMILES string of the molecule is C=CC(=O)OCCOCCOCCOC(=O)C1CCC(C(=O)Oc2ccc(OC(=O)C3CCC(C(=O)Oc4ccc(OCCOCCOCCOC(=O)C=C)cc4)CC3)c(/C=N/Nc3nc4ccccc4s3)c2)CC1. The molecule has 75 heavy (non-hydrogen) atoms. The molecule has 0 saturated heterocycles. The molecule has 0 unspecified atom stereocenters. The average Bonchev–Trinajstić information content (AvgIpc) is 3.85. The highest BCUT2D eigenvalue weighted by molar-refractivity contribution is 7.22. The van der Waals surface area contributed by atoms with Gasteiger partial charge in [0, 0.05) is 17.7 Å². The summed E-state index contributed by atoms with van der Waals surface area (Å²) in [5.41, 5.74) is 4.12. The molecule has 4 aromatic rings. The summed E-state index contributed by atoms with van der Waals surface area (Å²) in [5.74, 6) is -2.95. The van der Waals surface area contributed by atoms with Gasteiger partial charge in [-0.15, -0.1) is 0 Å². The van der Waals surface area contributed by atoms with Crippen molar-refractivity contribution in [2.45, 2.75) is 51.4 Å². The Hall–Kier alpha value is -7.04. The number of nitrogens with one attached hydrogen (secondary N) is 1. The van der Waals surface area contributed by atoms with Crippen LogP contribution in [-0.4, -0.2) is 126 Å². The molecule has 2 saturated carbocycles. The number of hydrogen-bond acceptors (Lipinski definition) is 21. The van der Waals surface area contributed by atoms with Crippen LogP contribution in [0, 0.1) is 23.7 Å². The van der Waals surface area contributed by atoms with E-state index >= 15 is 0 Å². The van der Waals surface area contributed by atoms with Crippen molar-refractivity contribution in [1.82, 2.24) is 4.98 Å². The topological polar surface area (TPSA) is 241 Å². The van der Waals surface area contributed by atoms with Gasteiger partial charge >= 0.3 is 35.8 Å². The Morgan fingerprint density at radius 3 is 1.53 bits per heavy atom. The van der Waals surface area contributed by atoms with Crippen molar-refractivity contribution in [3.05, 3.63) is 97.6 Å². The van der Waals surface area contributed by atoms with E-state index in [2.05, 4.69) is 28.7 Å². The maximum Gasteiger partial charge on any atom is 0.330 e. The summed E-state index contributed by atoms with van der Waals surface area (Å²) in [6.07, 6.45) is 7.10. The van der Waals surface area contributed by atoms with Gasteiger partial charge in [-0.05, 0) is 106 Å². The average molecular weight is 1060 g/mol. The number of ether oxygens (including phenoxy) is 11. The Kier molecular flexibility index (Phi) is 24.1. The van der Waals surface area contributed by atoms with Crippen molar-refractivity contribution in [1.29, 1.82) is 0 Å². The smallest absolute Gasteiger partial charge is 0.330 e. The number of benzene rings is 3. The van der Waals surface area contributed by atoms with Gasteiger partial charge in [0.25, 0.3) is 0 Å². The van der Waals surface area contributed by atoms with Crippen molar-refractivity contribution in [3.8, 4) is 23.0 Å². The van der Waals surface area contributed by atoms with Gasteiger partial charge in [-0.1, -0.05) is 36.6 Å². The molecule has 0 aliphatic heterocycles. The zero-order valence-electron chi connectivity index (χ0n) is 41.7. The van der Waals surface area contributed by atoms with Crippen molar-refractivity contribution < 1.29 is 80.9 Å². The number of hydrazone groups is 1. The van der Waals surface area contributed by atoms with Gasteiger partial charge in [0.2, 0.25) is 5.13 Å². The predicted molar refractivity (Wildman–Crippen MR) is 274 cm³/mol. The van der Waals surface area contributed by atoms with Gasteiger partial charge in [0.15, 0.2) is 0 Å². The fraction of sp³-hybridized carbons (Fsp3) is 0.444. The Morgan fingerprint density at radius 2 is 0.987 bits per heavy atom. The number of fused-ring (bicyclic) bond motifs is 1. The standard InChI is InChI=1S/C54H63N3O17S/c1-3-48(58)69-32-28-65-24-23-64-27-31-68-42-17-19-43(20-18-42)72-51(61)38-13-15-40(16-14-38)53(63)74-46-22-21-44(35-41(46)36-55-57-54-56-45-7-5-6-8-47(45)75-54)73-52(62)39-11-9-37(10-12-39)50(60)71-34-30-67-26-25-66-29-33-70-49(59)4-2/h3-8,17-22,35-40H,1-2,9-16,23-34H2,(H,56,57)/b55-36+. The van der Waals surface area contributed by atoms with Gasteiger partial charge < -0.3 is 52.1 Å². The summed E-state index contributed by atoms with van der Waals surface area (Å²) in [5, 5.41) is 4.92. The van der Waals surface area contributed by atoms with Crippen LogP contribution in [0.5, 0.6) is 23.0 Å². The zero-order chi connectivity index (χ0) is 53.0. The fourth-order valence-corrected chi connectivity index (χ4v) is 8.70. The number of esters is 6. The van der Waals surface area contributed by atoms with Gasteiger partial charge in [-0.25, -0.2) is 14.6 Å². The molecule has 0 spiro atoms. The molecule has 2 aliphatic carbocycles. The lowest BCUT2D eigenvalue weighted by atomic mass is 9.82. The van der Waals surface area contributed by atoms with Crippen LogP contribution >= 0.6 is 11.3 Å². The highest BCUT2D eigenvalue weighted by Crippen LogP contribution is 2.35. The molecular weight excluding hydrogens is 995 g/mol. The van der Waals surface area contributed by atoms with Gasteiger partial charge in [0.1, 0.15) is 49.4 Å². The van der Waals surface area contributed by atoms with Crippen LogP contribution in [0.3, 0.4) is 0 Å². The second-order valence-electron chi connectivity index (χ2n) is 17.1. The number of thiazole rings is 1. The fourth-order valence-electron chi connectivity index (χ4n) is 7.89. The van der Waals surface area contributed by atoms with Crippen LogP contribution in [0.2, 0.25) is 0 Å². The van der Waals surface area contributed by atoms with E-state index in [1.54, 1.807) is 42.5 Å². The summed E-state index contributed by atoms with van der Waals surface area (Å²) in [6.45, 7) is 9.54. The lowest BCUT2D eigenvalue weighted by Gasteiger charge is -2.26. The summed E-state index contributed by atoms with van der Waals surface area (Å²) < 4.78 is 60.8. The Labute approximate surface area is 438 Å². The maximum atomic E-state index is 13.6. The van der Waals surface area contributed by atoms with E-state index in [1.807, 2.05) is 24.3 Å². The number of aromatic nitrogens is 1. The molecule has 2 aliphatic rings. The first-order valence-electron chi connectivity index (χ1n) is 24.8. The first-order valence-corrected chi connectivity index (χ1v) is 25.6. The monoisotopic (exact) mass is 1060 g/mol. The predicted octanol–water partition coefficient (Wildman–Crippen LogP) is 7.22. The number of carbonyl (C=O) groups is 6. The minimum Gasteiger partial charge on any atom is -0.491 e. The van der Waals surface area contributed by atoms with Gasteiger partial charge in [-0.3, -0.25) is 24.6 Å². The third kappa shape index (κ3) is 20.0. The zero-order valence-corrected chi connectivity index (χ0v) is 42.5. The molecule has 1 N–H and O–H groups in total. The minimum atomic E-state index is -0.518. The van der Waals surface area contributed by atoms with E-state index in [0.29, 0.717) is 100.0 Å². The quantitative estimate of drug-likeness (QED) is 0.00995. The van der Waals surface area contributed by atoms with Crippen molar-refractivity contribution in [2.75, 3.05) is 84.7 Å². The molecular formula is C54H63N3O17S. The van der Waals surface area contributed by atoms with Gasteiger partial charge in [-0.2, -0.15) is 5.10 Å². The normalized spacial score (nSPS) is 17.3. The summed E-state index contributed by atoms with van der Waals surface area (Å²) >= 11 is 1.42. The van der Waals surface area contributed by atoms with Crippen molar-refractivity contribution >= 4 is 68.7 Å². The molecule has 6 rings (SSSR count). The molecule has 20 nitrogen and oxygen atoms in total. The van der Waals surface area contributed by atoms with Crippen LogP contribution in [0.1, 0.15) is 56.9 Å². The third-order valence-electron chi connectivity index (χ3n) is 11.9. The van der Waals surface area contributed by atoms with E-state index in [1.165, 1.54) is 17.6 Å². The van der Waals surface area contributed by atoms with E-state index in [9.17, 15) is 28.8 Å². The molecule has 2 fully saturated rings. The largest absolute Gasteiger partial charge is 0.491 e. The molecule has 402 valence electrons. The molecule has 0 radical (unpaired) electrons. The molecule has 21 heteroatoms. The van der Waals surface area contributed by atoms with E-state index < -0.39 is 41.6 Å². The number of rotatable bonds is 31. The van der Waals surface area contributed by atoms with Crippen LogP contribution in [0.15, 0.2) is 97.1 Å². The number of para-hydroxylation sites is 1. The molecule has 0 bridgehead atoms. The van der Waals surface area contributed by atoms with E-state index in [4.69, 9.17) is 52.1 Å². The van der Waals surface area contributed by atoms with Crippen LogP contribution in [0.25, 0.3) is 10.2 Å². The first-order chi connectivity index (χ1) is 36.6. The minimum absolute atomic E-state index is 0.0809. The van der Waals surface area contributed by atoms with Crippen molar-refractivity contribution in [2.24, 2.45) is 28.8 Å². The summed E-state index contributed by atoms with van der Waals surface area (Å²) in [4.78, 5) is 79.6. The number of carbonyl (C=O) groups excluding carboxylic acids is 6. The number of nitrogens with zero attached hydrogens (tertiary/aromatic N) is 2. The summed E-state index contributed by atoms with van der Waals surface area (Å²) in [7, 11) is 0. The molecule has 1 aromatic heterocycles. The maximum absolute atomic E-state index is 13.6. The molecule has 0 amide bonds. The molecule has 3 aromatic carbocycles. The third-order valence-corrected chi connectivity index (χ3v) is 12.8. The van der Waals surface area contributed by atoms with E-state index in [0.717, 1.165) is 22.4 Å². The van der Waals surface area contributed by atoms with E-state index in [-0.39, 0.29) is 82.2 Å². The molecule has 0 atom stereocenters. The Morgan fingerprint density at radius 1 is 0.533 bits per heavy atom. The lowest BCUT2D eigenvalue weighted by Crippen LogP contribution is -2.30. The number of anilines is 1. The Bertz CT molecular complexity index is 2500. The first kappa shape index (κ1) is 57.2. The van der Waals surface area contributed by atoms with Crippen LogP contribution in [-0.2, 0) is 61.9 Å². The second-order valence-corrected chi connectivity index (χ2v) is 18.1. The van der Waals surface area contributed by atoms with Crippen LogP contribution in [0.4, 0.5) is 5.13 Å². The van der Waals surface area contributed by atoms with Gasteiger partial charge in [0.05, 0.1) is 93.0 Å². The number of hydrogen-bond donors (Lipinski definition) is 1. The summed E-state index contributed by atoms with van der Waals surface area (Å²) in [6, 6.07) is 19.0. The highest BCUT2D eigenvalue weighted by atomic mass is 32.1. The van der Waals surface area contributed by atoms with Crippen molar-refractivity contribution in [3.63, 3.8) is 0 Å². The van der Waals surface area contributed by atoms with Crippen LogP contribution < -0.4 is 24.4 Å². The lowest BCUT2D eigenvalue weighted by molar-refractivity contribution is -0.153.